The molecule has 2 rings (SSSR count). The van der Waals surface area contributed by atoms with Gasteiger partial charge in [0.1, 0.15) is 0 Å². The third kappa shape index (κ3) is 4.87. The van der Waals surface area contributed by atoms with Crippen LogP contribution in [0.25, 0.3) is 0 Å². The summed E-state index contributed by atoms with van der Waals surface area (Å²) < 4.78 is 0. The van der Waals surface area contributed by atoms with Crippen LogP contribution in [-0.2, 0) is 0 Å². The first-order valence-electron chi connectivity index (χ1n) is 8.19. The predicted molar refractivity (Wildman–Crippen MR) is 89.4 cm³/mol. The van der Waals surface area contributed by atoms with Crippen molar-refractivity contribution in [3.63, 3.8) is 0 Å². The lowest BCUT2D eigenvalue weighted by molar-refractivity contribution is 0.332. The second-order valence-electron chi connectivity index (χ2n) is 6.54. The SMILES string of the molecule is CC(CC1CCCCCN1)NC(c1cccs1)C(C)C. The fourth-order valence-electron chi connectivity index (χ4n) is 3.17. The minimum atomic E-state index is 0.496. The van der Waals surface area contributed by atoms with Crippen molar-refractivity contribution in [2.75, 3.05) is 6.54 Å². The van der Waals surface area contributed by atoms with Crippen molar-refractivity contribution in [2.45, 2.75) is 71.0 Å². The minimum Gasteiger partial charge on any atom is -0.314 e. The first-order valence-corrected chi connectivity index (χ1v) is 9.07. The maximum Gasteiger partial charge on any atom is 0.0440 e. The molecule has 1 aliphatic rings. The smallest absolute Gasteiger partial charge is 0.0440 e. The van der Waals surface area contributed by atoms with Gasteiger partial charge in [-0.3, -0.25) is 0 Å². The lowest BCUT2D eigenvalue weighted by Gasteiger charge is -2.28. The van der Waals surface area contributed by atoms with Crippen LogP contribution in [0.2, 0.25) is 0 Å². The summed E-state index contributed by atoms with van der Waals surface area (Å²) in [5, 5.41) is 9.75. The quantitative estimate of drug-likeness (QED) is 0.815. The molecular weight excluding hydrogens is 264 g/mol. The molecule has 0 aromatic carbocycles. The average molecular weight is 295 g/mol. The van der Waals surface area contributed by atoms with E-state index < -0.39 is 0 Å². The summed E-state index contributed by atoms with van der Waals surface area (Å²) >= 11 is 1.87. The van der Waals surface area contributed by atoms with Crippen LogP contribution < -0.4 is 10.6 Å². The Balaban J connectivity index is 1.86. The molecule has 2 heterocycles. The van der Waals surface area contributed by atoms with Gasteiger partial charge in [0.05, 0.1) is 0 Å². The molecule has 3 atom stereocenters. The van der Waals surface area contributed by atoms with Crippen molar-refractivity contribution in [3.8, 4) is 0 Å². The molecule has 1 aliphatic heterocycles. The van der Waals surface area contributed by atoms with Gasteiger partial charge in [-0.05, 0) is 50.1 Å². The second kappa shape index (κ2) is 8.16. The summed E-state index contributed by atoms with van der Waals surface area (Å²) in [6.45, 7) is 8.17. The zero-order valence-corrected chi connectivity index (χ0v) is 14.0. The number of rotatable bonds is 6. The molecule has 20 heavy (non-hydrogen) atoms. The van der Waals surface area contributed by atoms with E-state index in [2.05, 4.69) is 48.9 Å². The van der Waals surface area contributed by atoms with Crippen molar-refractivity contribution < 1.29 is 0 Å². The van der Waals surface area contributed by atoms with Gasteiger partial charge < -0.3 is 10.6 Å². The second-order valence-corrected chi connectivity index (χ2v) is 7.52. The maximum absolute atomic E-state index is 3.86. The number of thiophene rings is 1. The Kier molecular flexibility index (Phi) is 6.53. The lowest BCUT2D eigenvalue weighted by atomic mass is 9.98. The average Bonchev–Trinajstić information content (AvgIpc) is 2.81. The molecule has 0 spiro atoms. The molecule has 0 bridgehead atoms. The van der Waals surface area contributed by atoms with Crippen molar-refractivity contribution >= 4 is 11.3 Å². The summed E-state index contributed by atoms with van der Waals surface area (Å²) in [7, 11) is 0. The number of hydrogen-bond donors (Lipinski definition) is 2. The highest BCUT2D eigenvalue weighted by Crippen LogP contribution is 2.27. The third-order valence-electron chi connectivity index (χ3n) is 4.28. The number of hydrogen-bond acceptors (Lipinski definition) is 3. The van der Waals surface area contributed by atoms with Gasteiger partial charge >= 0.3 is 0 Å². The van der Waals surface area contributed by atoms with Crippen LogP contribution in [0, 0.1) is 5.92 Å². The van der Waals surface area contributed by atoms with Crippen molar-refractivity contribution in [2.24, 2.45) is 5.92 Å². The molecular formula is C17H30N2S. The summed E-state index contributed by atoms with van der Waals surface area (Å²) in [6.07, 6.45) is 6.73. The Bertz CT molecular complexity index is 353. The normalized spacial score (nSPS) is 23.5. The fraction of sp³-hybridized carbons (Fsp3) is 0.765. The maximum atomic E-state index is 3.86. The predicted octanol–water partition coefficient (Wildman–Crippen LogP) is 4.35. The largest absolute Gasteiger partial charge is 0.314 e. The van der Waals surface area contributed by atoms with Crippen LogP contribution in [0.1, 0.15) is 63.8 Å². The molecule has 0 aliphatic carbocycles. The Morgan fingerprint density at radius 3 is 2.85 bits per heavy atom. The highest BCUT2D eigenvalue weighted by Gasteiger charge is 2.21. The first kappa shape index (κ1) is 16.0. The molecule has 1 aromatic rings. The molecule has 3 unspecified atom stereocenters. The van der Waals surface area contributed by atoms with E-state index in [0.29, 0.717) is 24.0 Å². The summed E-state index contributed by atoms with van der Waals surface area (Å²) in [5.74, 6) is 0.637. The van der Waals surface area contributed by atoms with Gasteiger partial charge in [-0.2, -0.15) is 0 Å². The Morgan fingerprint density at radius 1 is 1.30 bits per heavy atom. The van der Waals surface area contributed by atoms with E-state index >= 15 is 0 Å². The first-order chi connectivity index (χ1) is 9.66. The fourth-order valence-corrected chi connectivity index (χ4v) is 4.13. The van der Waals surface area contributed by atoms with E-state index in [-0.39, 0.29) is 0 Å². The molecule has 1 saturated heterocycles. The van der Waals surface area contributed by atoms with E-state index in [9.17, 15) is 0 Å². The van der Waals surface area contributed by atoms with Crippen LogP contribution in [0.4, 0.5) is 0 Å². The molecule has 2 nitrogen and oxygen atoms in total. The van der Waals surface area contributed by atoms with Crippen LogP contribution in [0.3, 0.4) is 0 Å². The summed E-state index contributed by atoms with van der Waals surface area (Å²) in [6, 6.07) is 6.19. The molecule has 3 heteroatoms. The van der Waals surface area contributed by atoms with Crippen LogP contribution in [0.5, 0.6) is 0 Å². The van der Waals surface area contributed by atoms with Gasteiger partial charge in [0.25, 0.3) is 0 Å². The Morgan fingerprint density at radius 2 is 2.15 bits per heavy atom. The van der Waals surface area contributed by atoms with Crippen LogP contribution >= 0.6 is 11.3 Å². The monoisotopic (exact) mass is 294 g/mol. The molecule has 1 fully saturated rings. The van der Waals surface area contributed by atoms with E-state index in [1.807, 2.05) is 11.3 Å². The van der Waals surface area contributed by atoms with Gasteiger partial charge in [-0.15, -0.1) is 11.3 Å². The molecule has 114 valence electrons. The summed E-state index contributed by atoms with van der Waals surface area (Å²) in [4.78, 5) is 1.47. The van der Waals surface area contributed by atoms with Gasteiger partial charge in [0, 0.05) is 23.0 Å². The Labute approximate surface area is 128 Å². The van der Waals surface area contributed by atoms with E-state index in [4.69, 9.17) is 0 Å². The number of nitrogens with one attached hydrogen (secondary N) is 2. The van der Waals surface area contributed by atoms with E-state index in [1.54, 1.807) is 0 Å². The molecule has 0 saturated carbocycles. The van der Waals surface area contributed by atoms with Gasteiger partial charge in [0.2, 0.25) is 0 Å². The third-order valence-corrected chi connectivity index (χ3v) is 5.24. The van der Waals surface area contributed by atoms with Gasteiger partial charge in [-0.25, -0.2) is 0 Å². The molecule has 0 radical (unpaired) electrons. The van der Waals surface area contributed by atoms with E-state index in [0.717, 1.165) is 0 Å². The van der Waals surface area contributed by atoms with Crippen molar-refractivity contribution in [1.29, 1.82) is 0 Å². The van der Waals surface area contributed by atoms with Crippen molar-refractivity contribution in [1.82, 2.24) is 10.6 Å². The highest BCUT2D eigenvalue weighted by molar-refractivity contribution is 7.10. The van der Waals surface area contributed by atoms with Crippen LogP contribution in [-0.4, -0.2) is 18.6 Å². The lowest BCUT2D eigenvalue weighted by Crippen LogP contribution is -2.39. The van der Waals surface area contributed by atoms with Crippen molar-refractivity contribution in [3.05, 3.63) is 22.4 Å². The van der Waals surface area contributed by atoms with E-state index in [1.165, 1.54) is 43.5 Å². The standard InChI is InChI=1S/C17H30N2S/c1-13(2)17(16-9-7-11-20-16)19-14(3)12-15-8-5-4-6-10-18-15/h7,9,11,13-15,17-19H,4-6,8,10,12H2,1-3H3. The highest BCUT2D eigenvalue weighted by atomic mass is 32.1. The topological polar surface area (TPSA) is 24.1 Å². The minimum absolute atomic E-state index is 0.496. The Hall–Kier alpha value is -0.380. The molecule has 2 N–H and O–H groups in total. The zero-order valence-electron chi connectivity index (χ0n) is 13.2. The van der Waals surface area contributed by atoms with Crippen LogP contribution in [0.15, 0.2) is 17.5 Å². The molecule has 0 amide bonds. The van der Waals surface area contributed by atoms with Gasteiger partial charge in [-0.1, -0.05) is 32.8 Å². The molecule has 1 aromatic heterocycles. The van der Waals surface area contributed by atoms with Gasteiger partial charge in [0.15, 0.2) is 0 Å². The zero-order chi connectivity index (χ0) is 14.4. The summed E-state index contributed by atoms with van der Waals surface area (Å²) in [5.41, 5.74) is 0.